The van der Waals surface area contributed by atoms with Crippen molar-refractivity contribution in [3.05, 3.63) is 22.2 Å². The normalized spacial score (nSPS) is 11.0. The minimum absolute atomic E-state index is 0.460. The third-order valence-electron chi connectivity index (χ3n) is 2.89. The number of nitrogens with one attached hydrogen (secondary N) is 1. The van der Waals surface area contributed by atoms with E-state index in [1.54, 1.807) is 7.11 Å². The summed E-state index contributed by atoms with van der Waals surface area (Å²) in [7, 11) is 1.68. The molecule has 1 aromatic rings. The van der Waals surface area contributed by atoms with E-state index in [9.17, 15) is 0 Å². The second-order valence-corrected chi connectivity index (χ2v) is 7.29. The zero-order chi connectivity index (χ0) is 15.7. The lowest BCUT2D eigenvalue weighted by atomic mass is 10.2. The van der Waals surface area contributed by atoms with Crippen LogP contribution in [-0.2, 0) is 6.54 Å². The Kier molecular flexibility index (Phi) is 9.20. The van der Waals surface area contributed by atoms with E-state index in [1.807, 2.05) is 17.8 Å². The first-order valence-electron chi connectivity index (χ1n) is 7.38. The lowest BCUT2D eigenvalue weighted by Crippen LogP contribution is -2.21. The maximum absolute atomic E-state index is 5.88. The summed E-state index contributed by atoms with van der Waals surface area (Å²) in [6, 6.07) is 4.59. The number of ether oxygens (including phenoxy) is 2. The molecule has 0 bridgehead atoms. The average molecular weight is 376 g/mol. The highest BCUT2D eigenvalue weighted by Crippen LogP contribution is 2.36. The van der Waals surface area contributed by atoms with Crippen LogP contribution in [0.15, 0.2) is 16.6 Å². The van der Waals surface area contributed by atoms with Gasteiger partial charge in [-0.2, -0.15) is 11.8 Å². The number of hydrogen-bond acceptors (Lipinski definition) is 4. The number of rotatable bonds is 10. The Balaban J connectivity index is 2.66. The van der Waals surface area contributed by atoms with Gasteiger partial charge in [-0.3, -0.25) is 0 Å². The van der Waals surface area contributed by atoms with Gasteiger partial charge in [0.15, 0.2) is 11.5 Å². The Morgan fingerprint density at radius 1 is 1.33 bits per heavy atom. The molecule has 0 radical (unpaired) electrons. The van der Waals surface area contributed by atoms with Gasteiger partial charge >= 0.3 is 0 Å². The molecule has 0 unspecified atom stereocenters. The van der Waals surface area contributed by atoms with Crippen molar-refractivity contribution in [1.82, 2.24) is 5.32 Å². The van der Waals surface area contributed by atoms with Crippen molar-refractivity contribution in [2.75, 3.05) is 25.2 Å². The average Bonchev–Trinajstić information content (AvgIpc) is 2.46. The topological polar surface area (TPSA) is 30.5 Å². The monoisotopic (exact) mass is 375 g/mol. The van der Waals surface area contributed by atoms with E-state index in [2.05, 4.69) is 48.1 Å². The van der Waals surface area contributed by atoms with Crippen LogP contribution in [0.3, 0.4) is 0 Å². The summed E-state index contributed by atoms with van der Waals surface area (Å²) in [5.41, 5.74) is 1.18. The van der Waals surface area contributed by atoms with Gasteiger partial charge in [0.1, 0.15) is 0 Å². The third-order valence-corrected chi connectivity index (χ3v) is 4.46. The molecule has 21 heavy (non-hydrogen) atoms. The quantitative estimate of drug-likeness (QED) is 0.610. The van der Waals surface area contributed by atoms with Crippen molar-refractivity contribution in [2.45, 2.75) is 39.8 Å². The molecule has 0 heterocycles. The Morgan fingerprint density at radius 2 is 2.10 bits per heavy atom. The molecule has 120 valence electrons. The fraction of sp³-hybridized carbons (Fsp3) is 0.625. The SMILES string of the molecule is CCSCCCOc1c(Br)cc(CNC(C)C)cc1OC. The summed E-state index contributed by atoms with van der Waals surface area (Å²) in [6.45, 7) is 7.98. The minimum Gasteiger partial charge on any atom is -0.493 e. The van der Waals surface area contributed by atoms with Crippen LogP contribution in [0, 0.1) is 0 Å². The molecule has 5 heteroatoms. The molecule has 1 N–H and O–H groups in total. The molecule has 0 aliphatic rings. The van der Waals surface area contributed by atoms with Crippen molar-refractivity contribution >= 4 is 27.7 Å². The van der Waals surface area contributed by atoms with E-state index in [-0.39, 0.29) is 0 Å². The lowest BCUT2D eigenvalue weighted by Gasteiger charge is -2.15. The molecule has 0 aromatic heterocycles. The molecule has 1 rings (SSSR count). The Hall–Kier alpha value is -0.390. The molecule has 0 amide bonds. The van der Waals surface area contributed by atoms with Crippen molar-refractivity contribution in [2.24, 2.45) is 0 Å². The number of benzene rings is 1. The number of hydrogen-bond donors (Lipinski definition) is 1. The molecular formula is C16H26BrNO2S. The van der Waals surface area contributed by atoms with E-state index in [4.69, 9.17) is 9.47 Å². The van der Waals surface area contributed by atoms with Crippen LogP contribution < -0.4 is 14.8 Å². The van der Waals surface area contributed by atoms with Crippen molar-refractivity contribution < 1.29 is 9.47 Å². The largest absolute Gasteiger partial charge is 0.493 e. The van der Waals surface area contributed by atoms with Crippen molar-refractivity contribution in [1.29, 1.82) is 0 Å². The summed E-state index contributed by atoms with van der Waals surface area (Å²) in [6.07, 6.45) is 1.05. The van der Waals surface area contributed by atoms with E-state index in [1.165, 1.54) is 5.56 Å². The third kappa shape index (κ3) is 6.94. The van der Waals surface area contributed by atoms with Crippen LogP contribution in [0.4, 0.5) is 0 Å². The van der Waals surface area contributed by atoms with Gasteiger partial charge in [0.05, 0.1) is 18.2 Å². The zero-order valence-electron chi connectivity index (χ0n) is 13.4. The van der Waals surface area contributed by atoms with Gasteiger partial charge in [-0.25, -0.2) is 0 Å². The Morgan fingerprint density at radius 3 is 2.71 bits per heavy atom. The van der Waals surface area contributed by atoms with Crippen molar-refractivity contribution in [3.8, 4) is 11.5 Å². The minimum atomic E-state index is 0.460. The van der Waals surface area contributed by atoms with Crippen LogP contribution in [-0.4, -0.2) is 31.3 Å². The first kappa shape index (κ1) is 18.7. The summed E-state index contributed by atoms with van der Waals surface area (Å²) in [5, 5.41) is 3.41. The van der Waals surface area contributed by atoms with Crippen LogP contribution in [0.1, 0.15) is 32.8 Å². The fourth-order valence-electron chi connectivity index (χ4n) is 1.82. The van der Waals surface area contributed by atoms with Gasteiger partial charge in [0, 0.05) is 12.6 Å². The van der Waals surface area contributed by atoms with Gasteiger partial charge in [-0.1, -0.05) is 20.8 Å². The molecule has 0 atom stereocenters. The van der Waals surface area contributed by atoms with E-state index in [0.717, 1.165) is 40.4 Å². The maximum Gasteiger partial charge on any atom is 0.175 e. The first-order chi connectivity index (χ1) is 10.1. The highest BCUT2D eigenvalue weighted by atomic mass is 79.9. The molecule has 0 fully saturated rings. The predicted molar refractivity (Wildman–Crippen MR) is 95.8 cm³/mol. The molecular weight excluding hydrogens is 350 g/mol. The second-order valence-electron chi connectivity index (χ2n) is 5.04. The van der Waals surface area contributed by atoms with Crippen molar-refractivity contribution in [3.63, 3.8) is 0 Å². The molecule has 3 nitrogen and oxygen atoms in total. The van der Waals surface area contributed by atoms with Crippen LogP contribution in [0.25, 0.3) is 0 Å². The summed E-state index contributed by atoms with van der Waals surface area (Å²) >= 11 is 5.53. The van der Waals surface area contributed by atoms with E-state index in [0.29, 0.717) is 12.6 Å². The summed E-state index contributed by atoms with van der Waals surface area (Å²) < 4.78 is 12.3. The van der Waals surface area contributed by atoms with E-state index >= 15 is 0 Å². The Labute approximate surface area is 141 Å². The standard InChI is InChI=1S/C16H26BrNO2S/c1-5-21-8-6-7-20-16-14(17)9-13(10-15(16)19-4)11-18-12(2)3/h9-10,12,18H,5-8,11H2,1-4H3. The molecule has 0 saturated heterocycles. The Bertz CT molecular complexity index is 427. The van der Waals surface area contributed by atoms with Crippen LogP contribution in [0.2, 0.25) is 0 Å². The number of methoxy groups -OCH3 is 1. The van der Waals surface area contributed by atoms with E-state index < -0.39 is 0 Å². The van der Waals surface area contributed by atoms with Crippen LogP contribution >= 0.6 is 27.7 Å². The second kappa shape index (κ2) is 10.4. The zero-order valence-corrected chi connectivity index (χ0v) is 15.8. The highest BCUT2D eigenvalue weighted by molar-refractivity contribution is 9.10. The smallest absolute Gasteiger partial charge is 0.175 e. The lowest BCUT2D eigenvalue weighted by molar-refractivity contribution is 0.293. The summed E-state index contributed by atoms with van der Waals surface area (Å²) in [5.74, 6) is 3.87. The van der Waals surface area contributed by atoms with Gasteiger partial charge in [-0.05, 0) is 51.6 Å². The number of thioether (sulfide) groups is 1. The van der Waals surface area contributed by atoms with Gasteiger partial charge in [0.25, 0.3) is 0 Å². The first-order valence-corrected chi connectivity index (χ1v) is 9.33. The molecule has 0 aliphatic heterocycles. The van der Waals surface area contributed by atoms with Gasteiger partial charge < -0.3 is 14.8 Å². The van der Waals surface area contributed by atoms with Gasteiger partial charge in [-0.15, -0.1) is 0 Å². The summed E-state index contributed by atoms with van der Waals surface area (Å²) in [4.78, 5) is 0. The molecule has 0 saturated carbocycles. The maximum atomic E-state index is 5.88. The number of halogens is 1. The molecule has 0 aliphatic carbocycles. The van der Waals surface area contributed by atoms with Gasteiger partial charge in [0.2, 0.25) is 0 Å². The fourth-order valence-corrected chi connectivity index (χ4v) is 3.03. The predicted octanol–water partition coefficient (Wildman–Crippen LogP) is 4.48. The highest BCUT2D eigenvalue weighted by Gasteiger charge is 2.11. The molecule has 1 aromatic carbocycles. The van der Waals surface area contributed by atoms with Crippen LogP contribution in [0.5, 0.6) is 11.5 Å². The molecule has 0 spiro atoms.